The molecule has 152 valence electrons. The lowest BCUT2D eigenvalue weighted by Gasteiger charge is -2.21. The van der Waals surface area contributed by atoms with Gasteiger partial charge in [-0.1, -0.05) is 47.5 Å². The second kappa shape index (κ2) is 9.44. The lowest BCUT2D eigenvalue weighted by Crippen LogP contribution is -2.35. The van der Waals surface area contributed by atoms with Gasteiger partial charge < -0.3 is 9.64 Å². The van der Waals surface area contributed by atoms with Crippen LogP contribution in [0.4, 0.5) is 5.69 Å². The van der Waals surface area contributed by atoms with Gasteiger partial charge in [-0.25, -0.2) is 0 Å². The van der Waals surface area contributed by atoms with Gasteiger partial charge in [-0.3, -0.25) is 14.5 Å². The lowest BCUT2D eigenvalue weighted by molar-refractivity contribution is -0.137. The minimum Gasteiger partial charge on any atom is -0.382 e. The van der Waals surface area contributed by atoms with Gasteiger partial charge in [0.2, 0.25) is 0 Å². The number of hydrogen-bond donors (Lipinski definition) is 0. The summed E-state index contributed by atoms with van der Waals surface area (Å²) in [6.07, 6.45) is 0.565. The molecule has 0 saturated carbocycles. The zero-order valence-electron chi connectivity index (χ0n) is 16.3. The highest BCUT2D eigenvalue weighted by atomic mass is 35.5. The van der Waals surface area contributed by atoms with E-state index >= 15 is 0 Å². The van der Waals surface area contributed by atoms with Gasteiger partial charge >= 0.3 is 0 Å². The summed E-state index contributed by atoms with van der Waals surface area (Å²) in [5.74, 6) is -0.715. The standard InChI is InChI=1S/C22H22Cl2N2O3/c1-3-29-13-7-12-26-21(27)19(17-11-10-15(23)14-18(17)24)20(22(26)28)25(2)16-8-5-4-6-9-16/h4-6,8-11,14H,3,7,12-13H2,1-2H3. The van der Waals surface area contributed by atoms with Crippen LogP contribution in [-0.2, 0) is 14.3 Å². The molecule has 0 atom stereocenters. The maximum Gasteiger partial charge on any atom is 0.278 e. The quantitative estimate of drug-likeness (QED) is 0.450. The SMILES string of the molecule is CCOCCCN1C(=O)C(c2ccc(Cl)cc2Cl)=C(N(C)c2ccccc2)C1=O. The summed E-state index contributed by atoms with van der Waals surface area (Å²) in [7, 11) is 1.77. The second-order valence-corrected chi connectivity index (χ2v) is 7.40. The van der Waals surface area contributed by atoms with Crippen LogP contribution in [0.5, 0.6) is 0 Å². The molecule has 0 spiro atoms. The van der Waals surface area contributed by atoms with Crippen LogP contribution in [0.2, 0.25) is 10.0 Å². The average molecular weight is 433 g/mol. The Balaban J connectivity index is 2.04. The van der Waals surface area contributed by atoms with E-state index in [0.29, 0.717) is 40.9 Å². The van der Waals surface area contributed by atoms with E-state index in [1.54, 1.807) is 30.1 Å². The lowest BCUT2D eigenvalue weighted by atomic mass is 10.0. The summed E-state index contributed by atoms with van der Waals surface area (Å²) in [5.41, 5.74) is 1.85. The Morgan fingerprint density at radius 1 is 1.03 bits per heavy atom. The number of benzene rings is 2. The molecule has 0 radical (unpaired) electrons. The number of para-hydroxylation sites is 1. The fourth-order valence-corrected chi connectivity index (χ4v) is 3.77. The summed E-state index contributed by atoms with van der Waals surface area (Å²) >= 11 is 12.4. The van der Waals surface area contributed by atoms with E-state index in [1.807, 2.05) is 37.3 Å². The molecule has 0 unspecified atom stereocenters. The Morgan fingerprint density at radius 3 is 2.41 bits per heavy atom. The van der Waals surface area contributed by atoms with E-state index in [-0.39, 0.29) is 23.9 Å². The molecule has 1 heterocycles. The van der Waals surface area contributed by atoms with E-state index in [4.69, 9.17) is 27.9 Å². The fraction of sp³-hybridized carbons (Fsp3) is 0.273. The minimum absolute atomic E-state index is 0.276. The molecule has 0 aliphatic carbocycles. The van der Waals surface area contributed by atoms with Crippen molar-refractivity contribution >= 4 is 46.3 Å². The number of amides is 2. The fourth-order valence-electron chi connectivity index (χ4n) is 3.26. The number of halogens is 2. The maximum atomic E-state index is 13.3. The number of carbonyl (C=O) groups excluding carboxylic acids is 2. The van der Waals surface area contributed by atoms with Crippen LogP contribution in [0, 0.1) is 0 Å². The van der Waals surface area contributed by atoms with Crippen molar-refractivity contribution in [2.24, 2.45) is 0 Å². The Morgan fingerprint density at radius 2 is 1.76 bits per heavy atom. The normalized spacial score (nSPS) is 14.1. The van der Waals surface area contributed by atoms with Crippen molar-refractivity contribution in [1.29, 1.82) is 0 Å². The number of anilines is 1. The van der Waals surface area contributed by atoms with Crippen molar-refractivity contribution in [2.45, 2.75) is 13.3 Å². The smallest absolute Gasteiger partial charge is 0.278 e. The Kier molecular flexibility index (Phi) is 6.96. The van der Waals surface area contributed by atoms with Crippen molar-refractivity contribution in [1.82, 2.24) is 4.90 Å². The Bertz CT molecular complexity index is 944. The molecule has 2 aromatic carbocycles. The van der Waals surface area contributed by atoms with Gasteiger partial charge in [0.1, 0.15) is 5.70 Å². The third-order valence-corrected chi connectivity index (χ3v) is 5.25. The molecule has 1 aliphatic heterocycles. The molecule has 2 aromatic rings. The third kappa shape index (κ3) is 4.47. The number of likely N-dealkylation sites (N-methyl/N-ethyl adjacent to an activating group) is 1. The average Bonchev–Trinajstić information content (AvgIpc) is 2.95. The van der Waals surface area contributed by atoms with Gasteiger partial charge in [0.05, 0.1) is 10.6 Å². The van der Waals surface area contributed by atoms with Crippen LogP contribution in [0.1, 0.15) is 18.9 Å². The van der Waals surface area contributed by atoms with E-state index in [2.05, 4.69) is 0 Å². The second-order valence-electron chi connectivity index (χ2n) is 6.55. The van der Waals surface area contributed by atoms with E-state index in [9.17, 15) is 9.59 Å². The maximum absolute atomic E-state index is 13.3. The minimum atomic E-state index is -0.367. The number of ether oxygens (including phenoxy) is 1. The van der Waals surface area contributed by atoms with Crippen LogP contribution in [-0.4, -0.2) is 43.5 Å². The molecule has 0 fully saturated rings. The zero-order chi connectivity index (χ0) is 21.0. The highest BCUT2D eigenvalue weighted by molar-refractivity contribution is 6.41. The van der Waals surface area contributed by atoms with Crippen molar-refractivity contribution in [3.8, 4) is 0 Å². The predicted octanol–water partition coefficient (Wildman–Crippen LogP) is 4.64. The Hall–Kier alpha value is -2.34. The molecule has 0 saturated heterocycles. The first-order valence-electron chi connectivity index (χ1n) is 9.38. The van der Waals surface area contributed by atoms with Crippen molar-refractivity contribution < 1.29 is 14.3 Å². The van der Waals surface area contributed by atoms with E-state index < -0.39 is 0 Å². The summed E-state index contributed by atoms with van der Waals surface area (Å²) < 4.78 is 5.34. The summed E-state index contributed by atoms with van der Waals surface area (Å²) in [4.78, 5) is 29.5. The summed E-state index contributed by atoms with van der Waals surface area (Å²) in [5, 5.41) is 0.784. The Labute approximate surface area is 180 Å². The third-order valence-electron chi connectivity index (χ3n) is 4.70. The first-order valence-corrected chi connectivity index (χ1v) is 10.1. The molecule has 1 aliphatic rings. The summed E-state index contributed by atoms with van der Waals surface area (Å²) in [6, 6.07) is 14.3. The van der Waals surface area contributed by atoms with Gasteiger partial charge in [0.15, 0.2) is 0 Å². The van der Waals surface area contributed by atoms with Crippen LogP contribution in [0.15, 0.2) is 54.2 Å². The molecule has 7 heteroatoms. The van der Waals surface area contributed by atoms with Crippen LogP contribution in [0.3, 0.4) is 0 Å². The molecular weight excluding hydrogens is 411 g/mol. The van der Waals surface area contributed by atoms with Crippen LogP contribution >= 0.6 is 23.2 Å². The van der Waals surface area contributed by atoms with Gasteiger partial charge in [0.25, 0.3) is 11.8 Å². The molecular formula is C22H22Cl2N2O3. The van der Waals surface area contributed by atoms with Gasteiger partial charge in [-0.15, -0.1) is 0 Å². The number of rotatable bonds is 8. The molecule has 0 aromatic heterocycles. The zero-order valence-corrected chi connectivity index (χ0v) is 17.8. The van der Waals surface area contributed by atoms with Crippen molar-refractivity contribution in [3.05, 3.63) is 69.8 Å². The highest BCUT2D eigenvalue weighted by Gasteiger charge is 2.41. The molecule has 5 nitrogen and oxygen atoms in total. The van der Waals surface area contributed by atoms with Crippen molar-refractivity contribution in [2.75, 3.05) is 31.7 Å². The first-order chi connectivity index (χ1) is 14.0. The topological polar surface area (TPSA) is 49.9 Å². The molecule has 3 rings (SSSR count). The molecule has 0 bridgehead atoms. The monoisotopic (exact) mass is 432 g/mol. The first kappa shape index (κ1) is 21.4. The number of imide groups is 1. The number of carbonyl (C=O) groups is 2. The van der Waals surface area contributed by atoms with Crippen LogP contribution < -0.4 is 4.90 Å². The van der Waals surface area contributed by atoms with E-state index in [1.165, 1.54) is 4.90 Å². The highest BCUT2D eigenvalue weighted by Crippen LogP contribution is 2.37. The predicted molar refractivity (Wildman–Crippen MR) is 116 cm³/mol. The van der Waals surface area contributed by atoms with Gasteiger partial charge in [-0.2, -0.15) is 0 Å². The largest absolute Gasteiger partial charge is 0.382 e. The molecule has 29 heavy (non-hydrogen) atoms. The number of nitrogens with zero attached hydrogens (tertiary/aromatic N) is 2. The summed E-state index contributed by atoms with van der Waals surface area (Å²) in [6.45, 7) is 3.25. The number of hydrogen-bond acceptors (Lipinski definition) is 4. The van der Waals surface area contributed by atoms with Crippen LogP contribution in [0.25, 0.3) is 5.57 Å². The molecule has 0 N–H and O–H groups in total. The van der Waals surface area contributed by atoms with Gasteiger partial charge in [-0.05, 0) is 37.6 Å². The van der Waals surface area contributed by atoms with E-state index in [0.717, 1.165) is 5.69 Å². The van der Waals surface area contributed by atoms with Crippen molar-refractivity contribution in [3.63, 3.8) is 0 Å². The van der Waals surface area contributed by atoms with Gasteiger partial charge in [0, 0.05) is 43.1 Å². The molecule has 2 amide bonds.